The fourth-order valence-corrected chi connectivity index (χ4v) is 6.92. The van der Waals surface area contributed by atoms with Crippen LogP contribution in [0.25, 0.3) is 22.2 Å². The predicted molar refractivity (Wildman–Crippen MR) is 177 cm³/mol. The number of aromatic nitrogens is 2. The number of rotatable bonds is 7. The van der Waals surface area contributed by atoms with Gasteiger partial charge < -0.3 is 40.2 Å². The average molecular weight is 711 g/mol. The van der Waals surface area contributed by atoms with E-state index in [0.29, 0.717) is 18.5 Å². The van der Waals surface area contributed by atoms with Crippen LogP contribution in [0.3, 0.4) is 0 Å². The minimum atomic E-state index is -5.83. The van der Waals surface area contributed by atoms with Crippen molar-refractivity contribution in [2.75, 3.05) is 18.4 Å². The molecule has 3 atom stereocenters. The third-order valence-corrected chi connectivity index (χ3v) is 10.1. The van der Waals surface area contributed by atoms with Gasteiger partial charge in [0.2, 0.25) is 17.7 Å². The third-order valence-electron chi connectivity index (χ3n) is 9.07. The zero-order valence-electron chi connectivity index (χ0n) is 26.6. The van der Waals surface area contributed by atoms with Gasteiger partial charge in [0.1, 0.15) is 23.5 Å². The van der Waals surface area contributed by atoms with E-state index in [1.807, 2.05) is 30.3 Å². The molecule has 1 unspecified atom stereocenters. The first-order chi connectivity index (χ1) is 23.6. The van der Waals surface area contributed by atoms with Gasteiger partial charge >= 0.3 is 13.3 Å². The normalized spacial score (nSPS) is 19.9. The van der Waals surface area contributed by atoms with Crippen molar-refractivity contribution < 1.29 is 42.3 Å². The third kappa shape index (κ3) is 6.69. The van der Waals surface area contributed by atoms with E-state index in [4.69, 9.17) is 9.79 Å². The predicted octanol–water partition coefficient (Wildman–Crippen LogP) is 3.10. The Hall–Kier alpha value is -5.18. The topological polar surface area (TPSA) is 205 Å². The van der Waals surface area contributed by atoms with E-state index >= 15 is 0 Å². The van der Waals surface area contributed by atoms with Gasteiger partial charge in [-0.2, -0.15) is 8.78 Å². The van der Waals surface area contributed by atoms with Gasteiger partial charge in [-0.25, -0.2) is 0 Å². The van der Waals surface area contributed by atoms with Gasteiger partial charge in [0.25, 0.3) is 11.5 Å². The quantitative estimate of drug-likeness (QED) is 0.157. The average Bonchev–Trinajstić information content (AvgIpc) is 3.70. The lowest BCUT2D eigenvalue weighted by Gasteiger charge is -2.38. The molecule has 4 heterocycles. The summed E-state index contributed by atoms with van der Waals surface area (Å²) in [6.45, 7) is 1.36. The van der Waals surface area contributed by atoms with Gasteiger partial charge in [-0.1, -0.05) is 36.4 Å². The highest BCUT2D eigenvalue weighted by Crippen LogP contribution is 2.59. The molecule has 2 aromatic carbocycles. The summed E-state index contributed by atoms with van der Waals surface area (Å²) in [4.78, 5) is 93.0. The number of H-pyrrole nitrogens is 2. The number of nitrogens with zero attached hydrogens (tertiary/aromatic N) is 2. The Bertz CT molecular complexity index is 2100. The lowest BCUT2D eigenvalue weighted by molar-refractivity contribution is -0.143. The van der Waals surface area contributed by atoms with E-state index in [2.05, 4.69) is 20.6 Å². The molecule has 0 radical (unpaired) electrons. The number of carbonyl (C=O) groups is 4. The summed E-state index contributed by atoms with van der Waals surface area (Å²) in [7, 11) is -5.83. The van der Waals surface area contributed by atoms with Gasteiger partial charge in [0.15, 0.2) is 0 Å². The number of halogens is 2. The number of anilines is 1. The molecule has 4 amide bonds. The molecule has 14 nitrogen and oxygen atoms in total. The van der Waals surface area contributed by atoms with Gasteiger partial charge in [0, 0.05) is 48.2 Å². The van der Waals surface area contributed by atoms with Crippen LogP contribution < -0.4 is 16.2 Å². The van der Waals surface area contributed by atoms with Crippen molar-refractivity contribution in [2.45, 2.75) is 50.0 Å². The van der Waals surface area contributed by atoms with E-state index < -0.39 is 60.2 Å². The first-order valence-electron chi connectivity index (χ1n) is 15.7. The van der Waals surface area contributed by atoms with Crippen LogP contribution >= 0.6 is 7.60 Å². The van der Waals surface area contributed by atoms with Crippen LogP contribution in [-0.2, 0) is 24.6 Å². The standard InChI is InChI=1S/C33H33F2N6O8P/c1-18(42)40-14-13-22-8-12-28(31(45)38-25-11-10-23(37-29(25)43)19-5-3-2-4-6-19)41(22)32(46)27(17-40)39-30(44)26-16-20-15-21(7-9-24(20)36-26)33(34,35)50(47,48)49/h2-7,9-11,15-16,22,27-28,36H,8,12-14,17H2,1H3,(H,37,43)(H,38,45)(H,39,44)(H2,47,48,49)/t22-,27?,28+/m1/s1. The molecule has 6 rings (SSSR count). The molecule has 4 aromatic rings. The van der Waals surface area contributed by atoms with Crippen LogP contribution in [0.4, 0.5) is 14.5 Å². The zero-order chi connectivity index (χ0) is 36.0. The first kappa shape index (κ1) is 34.7. The van der Waals surface area contributed by atoms with Crippen molar-refractivity contribution in [2.24, 2.45) is 0 Å². The fraction of sp³-hybridized carbons (Fsp3) is 0.303. The monoisotopic (exact) mass is 710 g/mol. The fourth-order valence-electron chi connectivity index (χ4n) is 6.45. The number of aromatic amines is 2. The number of fused-ring (bicyclic) bond motifs is 2. The summed E-state index contributed by atoms with van der Waals surface area (Å²) < 4.78 is 40.0. The Morgan fingerprint density at radius 3 is 2.38 bits per heavy atom. The maximum atomic E-state index is 14.3. The summed E-state index contributed by atoms with van der Waals surface area (Å²) in [6.07, 6.45) is 1.08. The molecule has 2 aliphatic rings. The molecule has 2 aromatic heterocycles. The van der Waals surface area contributed by atoms with Crippen molar-refractivity contribution >= 4 is 47.8 Å². The van der Waals surface area contributed by atoms with Crippen LogP contribution in [0.15, 0.2) is 71.5 Å². The second kappa shape index (κ2) is 13.3. The van der Waals surface area contributed by atoms with E-state index in [1.165, 1.54) is 28.9 Å². The van der Waals surface area contributed by atoms with Crippen molar-refractivity contribution in [3.63, 3.8) is 0 Å². The summed E-state index contributed by atoms with van der Waals surface area (Å²) in [5.74, 6) is -2.37. The summed E-state index contributed by atoms with van der Waals surface area (Å²) in [6, 6.07) is 13.5. The number of alkyl halides is 2. The Labute approximate surface area is 283 Å². The molecule has 6 N–H and O–H groups in total. The van der Waals surface area contributed by atoms with Crippen molar-refractivity contribution in [1.82, 2.24) is 25.1 Å². The van der Waals surface area contributed by atoms with Crippen molar-refractivity contribution in [1.29, 1.82) is 0 Å². The molecule has 0 saturated carbocycles. The number of nitrogens with one attached hydrogen (secondary N) is 4. The van der Waals surface area contributed by atoms with Crippen LogP contribution in [0.1, 0.15) is 42.2 Å². The van der Waals surface area contributed by atoms with E-state index in [0.717, 1.165) is 23.8 Å². The second-order valence-electron chi connectivity index (χ2n) is 12.3. The Kier molecular flexibility index (Phi) is 9.20. The highest BCUT2D eigenvalue weighted by molar-refractivity contribution is 7.52. The van der Waals surface area contributed by atoms with Crippen LogP contribution in [0, 0.1) is 0 Å². The number of carbonyl (C=O) groups excluding carboxylic acids is 4. The Morgan fingerprint density at radius 1 is 0.960 bits per heavy atom. The molecule has 2 fully saturated rings. The largest absolute Gasteiger partial charge is 0.399 e. The number of hydrogen-bond donors (Lipinski definition) is 6. The van der Waals surface area contributed by atoms with Crippen molar-refractivity contribution in [3.05, 3.63) is 88.3 Å². The maximum Gasteiger partial charge on any atom is 0.399 e. The molecule has 2 saturated heterocycles. The molecular formula is C33H33F2N6O8P. The van der Waals surface area contributed by atoms with E-state index in [9.17, 15) is 37.3 Å². The van der Waals surface area contributed by atoms with Gasteiger partial charge in [-0.05, 0) is 55.2 Å². The first-order valence-corrected chi connectivity index (χ1v) is 17.3. The number of benzene rings is 2. The second-order valence-corrected chi connectivity index (χ2v) is 14.0. The lowest BCUT2D eigenvalue weighted by Crippen LogP contribution is -2.60. The molecule has 0 bridgehead atoms. The van der Waals surface area contributed by atoms with Crippen molar-refractivity contribution in [3.8, 4) is 11.3 Å². The number of pyridine rings is 1. The molecule has 0 spiro atoms. The van der Waals surface area contributed by atoms with Gasteiger partial charge in [0.05, 0.1) is 0 Å². The maximum absolute atomic E-state index is 14.3. The number of amides is 4. The van der Waals surface area contributed by atoms with Crippen LogP contribution in [-0.4, -0.2) is 84.4 Å². The highest BCUT2D eigenvalue weighted by Gasteiger charge is 2.50. The smallest absolute Gasteiger partial charge is 0.351 e. The van der Waals surface area contributed by atoms with Crippen LogP contribution in [0.5, 0.6) is 0 Å². The van der Waals surface area contributed by atoms with E-state index in [-0.39, 0.29) is 47.7 Å². The van der Waals surface area contributed by atoms with E-state index in [1.54, 1.807) is 6.07 Å². The summed E-state index contributed by atoms with van der Waals surface area (Å²) in [5, 5.41) is 5.29. The molecule has 50 heavy (non-hydrogen) atoms. The zero-order valence-corrected chi connectivity index (χ0v) is 27.5. The number of hydrogen-bond acceptors (Lipinski definition) is 6. The highest BCUT2D eigenvalue weighted by atomic mass is 31.2. The summed E-state index contributed by atoms with van der Waals surface area (Å²) in [5.41, 5.74) is -4.57. The van der Waals surface area contributed by atoms with Crippen LogP contribution in [0.2, 0.25) is 0 Å². The summed E-state index contributed by atoms with van der Waals surface area (Å²) >= 11 is 0. The SMILES string of the molecule is CC(=O)N1CC[C@H]2CC[C@@H](C(=O)Nc3ccc(-c4ccccc4)[nH]c3=O)N2C(=O)C(NC(=O)c2cc3cc(C(F)(F)P(=O)(O)O)ccc3[nH]2)C1. The molecule has 262 valence electrons. The molecule has 17 heteroatoms. The Morgan fingerprint density at radius 2 is 1.70 bits per heavy atom. The molecule has 2 aliphatic heterocycles. The molecular weight excluding hydrogens is 677 g/mol. The lowest BCUT2D eigenvalue weighted by atomic mass is 10.1. The van der Waals surface area contributed by atoms with Gasteiger partial charge in [-0.15, -0.1) is 0 Å². The minimum Gasteiger partial charge on any atom is -0.351 e. The minimum absolute atomic E-state index is 0.00856. The molecule has 0 aliphatic carbocycles. The van der Waals surface area contributed by atoms with Gasteiger partial charge in [-0.3, -0.25) is 28.5 Å². The Balaban J connectivity index is 1.23.